The first-order valence-electron chi connectivity index (χ1n) is 17.1. The van der Waals surface area contributed by atoms with Crippen molar-refractivity contribution in [2.45, 2.75) is 63.4 Å². The highest BCUT2D eigenvalue weighted by atomic mass is 35.5. The lowest BCUT2D eigenvalue weighted by Gasteiger charge is -2.45. The standard InChI is InChI=1S/C39H40Cl2N6O4/c1-39(50)17-27(18-39)46(2)22-25-20-43-33-16-23(14-15-47(33)38(25)49)28-6-4-7-29(35(28)40)30-8-5-9-31(36(30)41)32-12-10-24(37(45-32)51-3)19-42-21-26-11-13-34(48)44-26/h4-10,12,14-16,20,26-27,42,50H,11,13,17-19,21-22H2,1-3H3,(H,44,48)/t26-,27?,39?/m1/s1. The molecule has 10 nitrogen and oxygen atoms in total. The molecule has 3 aromatic heterocycles. The Morgan fingerprint density at radius 2 is 1.73 bits per heavy atom. The van der Waals surface area contributed by atoms with Crippen molar-refractivity contribution in [3.05, 3.63) is 105 Å². The van der Waals surface area contributed by atoms with Crippen LogP contribution < -0.4 is 20.9 Å². The summed E-state index contributed by atoms with van der Waals surface area (Å²) in [7, 11) is 3.56. The number of fused-ring (bicyclic) bond motifs is 1. The normalized spacial score (nSPS) is 20.1. The fraction of sp³-hybridized carbons (Fsp3) is 0.333. The van der Waals surface area contributed by atoms with Crippen LogP contribution in [-0.4, -0.2) is 68.7 Å². The SMILES string of the molecule is COc1nc(-c2cccc(-c3cccc(-c4ccn5c(=O)c(CN(C)C6CC(C)(O)C6)cnc5c4)c3Cl)c2Cl)ccc1CNC[C@H]1CCC(=O)N1. The van der Waals surface area contributed by atoms with Crippen molar-refractivity contribution in [2.24, 2.45) is 0 Å². The van der Waals surface area contributed by atoms with Crippen molar-refractivity contribution < 1.29 is 14.6 Å². The Kier molecular flexibility index (Phi) is 9.88. The number of pyridine rings is 2. The topological polar surface area (TPSA) is 121 Å². The number of aliphatic hydroxyl groups is 1. The van der Waals surface area contributed by atoms with E-state index in [1.165, 1.54) is 0 Å². The van der Waals surface area contributed by atoms with Crippen molar-refractivity contribution in [1.29, 1.82) is 0 Å². The van der Waals surface area contributed by atoms with Gasteiger partial charge < -0.3 is 20.5 Å². The van der Waals surface area contributed by atoms with E-state index >= 15 is 0 Å². The van der Waals surface area contributed by atoms with Crippen LogP contribution in [0.5, 0.6) is 5.88 Å². The van der Waals surface area contributed by atoms with Crippen LogP contribution in [-0.2, 0) is 17.9 Å². The Bertz CT molecular complexity index is 2180. The highest BCUT2D eigenvalue weighted by molar-refractivity contribution is 6.39. The van der Waals surface area contributed by atoms with Gasteiger partial charge in [0.25, 0.3) is 5.56 Å². The zero-order valence-corrected chi connectivity index (χ0v) is 30.3. The van der Waals surface area contributed by atoms with Gasteiger partial charge in [0, 0.05) is 78.3 Å². The highest BCUT2D eigenvalue weighted by Crippen LogP contribution is 2.42. The van der Waals surface area contributed by atoms with Crippen LogP contribution in [0.1, 0.15) is 43.7 Å². The van der Waals surface area contributed by atoms with Gasteiger partial charge >= 0.3 is 0 Å². The molecule has 3 N–H and O–H groups in total. The van der Waals surface area contributed by atoms with Crippen LogP contribution in [0, 0.1) is 0 Å². The van der Waals surface area contributed by atoms with E-state index in [2.05, 4.69) is 20.5 Å². The summed E-state index contributed by atoms with van der Waals surface area (Å²) in [5.74, 6) is 0.587. The first kappa shape index (κ1) is 35.1. The molecule has 7 rings (SSSR count). The van der Waals surface area contributed by atoms with Gasteiger partial charge in [-0.15, -0.1) is 0 Å². The molecular weight excluding hydrogens is 687 g/mol. The molecule has 4 heterocycles. The molecule has 0 spiro atoms. The lowest BCUT2D eigenvalue weighted by atomic mass is 9.76. The van der Waals surface area contributed by atoms with E-state index in [0.29, 0.717) is 71.7 Å². The van der Waals surface area contributed by atoms with Gasteiger partial charge in [-0.1, -0.05) is 65.7 Å². The van der Waals surface area contributed by atoms with E-state index in [9.17, 15) is 14.7 Å². The van der Waals surface area contributed by atoms with Crippen LogP contribution in [0.2, 0.25) is 10.0 Å². The third-order valence-corrected chi connectivity index (χ3v) is 10.8. The maximum atomic E-state index is 13.4. The van der Waals surface area contributed by atoms with Gasteiger partial charge in [0.15, 0.2) is 0 Å². The summed E-state index contributed by atoms with van der Waals surface area (Å²) in [6.07, 6.45) is 6.14. The van der Waals surface area contributed by atoms with E-state index in [-0.39, 0.29) is 23.6 Å². The average Bonchev–Trinajstić information content (AvgIpc) is 3.53. The van der Waals surface area contributed by atoms with Crippen molar-refractivity contribution >= 4 is 34.8 Å². The number of halogens is 2. The summed E-state index contributed by atoms with van der Waals surface area (Å²) in [6, 6.07) is 19.6. The molecule has 1 saturated carbocycles. The Balaban J connectivity index is 1.12. The van der Waals surface area contributed by atoms with Gasteiger partial charge in [0.05, 0.1) is 34.0 Å². The lowest BCUT2D eigenvalue weighted by Crippen LogP contribution is -2.52. The zero-order chi connectivity index (χ0) is 35.9. The predicted octanol–water partition coefficient (Wildman–Crippen LogP) is 6.12. The summed E-state index contributed by atoms with van der Waals surface area (Å²) in [5.41, 5.74) is 5.75. The Hall–Kier alpha value is -4.32. The number of nitrogens with one attached hydrogen (secondary N) is 2. The molecule has 5 aromatic rings. The second-order valence-electron chi connectivity index (χ2n) is 13.8. The van der Waals surface area contributed by atoms with Crippen molar-refractivity contribution in [1.82, 2.24) is 29.9 Å². The van der Waals surface area contributed by atoms with Crippen molar-refractivity contribution in [3.63, 3.8) is 0 Å². The quantitative estimate of drug-likeness (QED) is 0.149. The van der Waals surface area contributed by atoms with E-state index in [0.717, 1.165) is 39.8 Å². The van der Waals surface area contributed by atoms with Gasteiger partial charge in [0.2, 0.25) is 11.8 Å². The molecule has 1 aliphatic carbocycles. The molecular formula is C39H40Cl2N6O4. The third-order valence-electron chi connectivity index (χ3n) is 9.97. The van der Waals surface area contributed by atoms with Gasteiger partial charge in [-0.25, -0.2) is 9.97 Å². The fourth-order valence-electron chi connectivity index (χ4n) is 7.10. The minimum Gasteiger partial charge on any atom is -0.481 e. The first-order chi connectivity index (χ1) is 24.5. The number of ether oxygens (including phenoxy) is 1. The number of rotatable bonds is 11. The number of methoxy groups -OCH3 is 1. The Morgan fingerprint density at radius 1 is 1.02 bits per heavy atom. The van der Waals surface area contributed by atoms with Crippen LogP contribution in [0.25, 0.3) is 39.2 Å². The lowest BCUT2D eigenvalue weighted by molar-refractivity contribution is -0.119. The van der Waals surface area contributed by atoms with E-state index in [1.54, 1.807) is 23.9 Å². The third kappa shape index (κ3) is 7.24. The minimum absolute atomic E-state index is 0.0942. The molecule has 2 aliphatic rings. The number of benzene rings is 2. The van der Waals surface area contributed by atoms with Gasteiger partial charge in [-0.2, -0.15) is 0 Å². The van der Waals surface area contributed by atoms with Gasteiger partial charge in [-0.3, -0.25) is 18.9 Å². The molecule has 1 saturated heterocycles. The summed E-state index contributed by atoms with van der Waals surface area (Å²) in [6.45, 7) is 3.51. The molecule has 51 heavy (non-hydrogen) atoms. The molecule has 1 atom stereocenters. The summed E-state index contributed by atoms with van der Waals surface area (Å²) in [5, 5.41) is 17.5. The number of amides is 1. The monoisotopic (exact) mass is 726 g/mol. The largest absolute Gasteiger partial charge is 0.481 e. The minimum atomic E-state index is -0.632. The number of aromatic nitrogens is 3. The zero-order valence-electron chi connectivity index (χ0n) is 28.7. The molecule has 2 fully saturated rings. The number of carbonyl (C=O) groups is 1. The summed E-state index contributed by atoms with van der Waals surface area (Å²) < 4.78 is 7.20. The first-order valence-corrected chi connectivity index (χ1v) is 17.8. The van der Waals surface area contributed by atoms with Crippen LogP contribution in [0.15, 0.2) is 77.9 Å². The molecule has 264 valence electrons. The number of nitrogens with zero attached hydrogens (tertiary/aromatic N) is 4. The maximum Gasteiger partial charge on any atom is 0.262 e. The molecule has 12 heteroatoms. The van der Waals surface area contributed by atoms with Crippen molar-refractivity contribution in [2.75, 3.05) is 20.7 Å². The second kappa shape index (κ2) is 14.4. The Morgan fingerprint density at radius 3 is 2.41 bits per heavy atom. The molecule has 0 bridgehead atoms. The van der Waals surface area contributed by atoms with Crippen LogP contribution in [0.4, 0.5) is 0 Å². The number of carbonyl (C=O) groups excluding carboxylic acids is 1. The molecule has 2 aromatic carbocycles. The smallest absolute Gasteiger partial charge is 0.262 e. The van der Waals surface area contributed by atoms with Gasteiger partial charge in [0.1, 0.15) is 5.65 Å². The number of hydrogen-bond donors (Lipinski definition) is 3. The maximum absolute atomic E-state index is 13.4. The van der Waals surface area contributed by atoms with Crippen molar-refractivity contribution in [3.8, 4) is 39.4 Å². The second-order valence-corrected chi connectivity index (χ2v) is 14.6. The molecule has 0 radical (unpaired) electrons. The molecule has 1 aliphatic heterocycles. The number of hydrogen-bond acceptors (Lipinski definition) is 8. The fourth-order valence-corrected chi connectivity index (χ4v) is 7.76. The molecule has 1 amide bonds. The summed E-state index contributed by atoms with van der Waals surface area (Å²) in [4.78, 5) is 36.4. The predicted molar refractivity (Wildman–Crippen MR) is 200 cm³/mol. The molecule has 0 unspecified atom stereocenters. The highest BCUT2D eigenvalue weighted by Gasteiger charge is 2.40. The van der Waals surface area contributed by atoms with E-state index in [1.807, 2.05) is 74.6 Å². The van der Waals surface area contributed by atoms with Crippen LogP contribution in [0.3, 0.4) is 0 Å². The van der Waals surface area contributed by atoms with E-state index in [4.69, 9.17) is 32.9 Å². The average molecular weight is 728 g/mol. The summed E-state index contributed by atoms with van der Waals surface area (Å²) >= 11 is 14.2. The van der Waals surface area contributed by atoms with E-state index < -0.39 is 5.60 Å². The Labute approximate surface area is 306 Å². The van der Waals surface area contributed by atoms with Gasteiger partial charge in [-0.05, 0) is 57.0 Å². The van der Waals surface area contributed by atoms with Crippen LogP contribution >= 0.6 is 23.2 Å².